The number of rotatable bonds is 6. The summed E-state index contributed by atoms with van der Waals surface area (Å²) in [5, 5.41) is 13.5. The van der Waals surface area contributed by atoms with Gasteiger partial charge in [0.1, 0.15) is 0 Å². The number of hydrogen-bond donors (Lipinski definition) is 2. The topological polar surface area (TPSA) is 32.3 Å². The second-order valence-electron chi connectivity index (χ2n) is 5.06. The molecule has 17 heavy (non-hydrogen) atoms. The SMILES string of the molecule is CC(CC1CC1)NCC(O)c1cccc(Br)c1. The maximum atomic E-state index is 10.1. The highest BCUT2D eigenvalue weighted by atomic mass is 79.9. The molecule has 0 spiro atoms. The fraction of sp³-hybridized carbons (Fsp3) is 0.571. The van der Waals surface area contributed by atoms with Gasteiger partial charge in [0, 0.05) is 17.1 Å². The average molecular weight is 298 g/mol. The molecule has 1 aromatic carbocycles. The second-order valence-corrected chi connectivity index (χ2v) is 5.97. The third-order valence-electron chi connectivity index (χ3n) is 3.28. The molecule has 0 saturated heterocycles. The van der Waals surface area contributed by atoms with Crippen molar-refractivity contribution in [3.63, 3.8) is 0 Å². The van der Waals surface area contributed by atoms with Gasteiger partial charge in [0.2, 0.25) is 0 Å². The van der Waals surface area contributed by atoms with E-state index in [1.807, 2.05) is 24.3 Å². The van der Waals surface area contributed by atoms with Gasteiger partial charge in [-0.2, -0.15) is 0 Å². The maximum absolute atomic E-state index is 10.1. The molecule has 2 unspecified atom stereocenters. The summed E-state index contributed by atoms with van der Waals surface area (Å²) in [6.07, 6.45) is 3.60. The van der Waals surface area contributed by atoms with Gasteiger partial charge in [0.25, 0.3) is 0 Å². The molecule has 0 bridgehead atoms. The molecule has 0 heterocycles. The molecule has 1 aliphatic carbocycles. The van der Waals surface area contributed by atoms with E-state index in [1.54, 1.807) is 0 Å². The van der Waals surface area contributed by atoms with Gasteiger partial charge in [-0.3, -0.25) is 0 Å². The average Bonchev–Trinajstić information content (AvgIpc) is 3.10. The standard InChI is InChI=1S/C14H20BrNO/c1-10(7-11-5-6-11)16-9-14(17)12-3-2-4-13(15)8-12/h2-4,8,10-11,14,16-17H,5-7,9H2,1H3. The lowest BCUT2D eigenvalue weighted by molar-refractivity contribution is 0.169. The molecule has 1 saturated carbocycles. The van der Waals surface area contributed by atoms with Crippen LogP contribution in [0.2, 0.25) is 0 Å². The Bertz CT molecular complexity index is 365. The van der Waals surface area contributed by atoms with Gasteiger partial charge in [-0.1, -0.05) is 40.9 Å². The smallest absolute Gasteiger partial charge is 0.0914 e. The van der Waals surface area contributed by atoms with Crippen molar-refractivity contribution in [1.29, 1.82) is 0 Å². The van der Waals surface area contributed by atoms with Gasteiger partial charge in [-0.25, -0.2) is 0 Å². The molecule has 2 rings (SSSR count). The maximum Gasteiger partial charge on any atom is 0.0914 e. The monoisotopic (exact) mass is 297 g/mol. The van der Waals surface area contributed by atoms with E-state index in [0.717, 1.165) is 16.0 Å². The molecule has 2 nitrogen and oxygen atoms in total. The van der Waals surface area contributed by atoms with Crippen LogP contribution in [-0.2, 0) is 0 Å². The summed E-state index contributed by atoms with van der Waals surface area (Å²) in [7, 11) is 0. The number of nitrogens with one attached hydrogen (secondary N) is 1. The van der Waals surface area contributed by atoms with Crippen LogP contribution in [-0.4, -0.2) is 17.7 Å². The number of aliphatic hydroxyl groups excluding tert-OH is 1. The van der Waals surface area contributed by atoms with Gasteiger partial charge < -0.3 is 10.4 Å². The molecule has 3 heteroatoms. The summed E-state index contributed by atoms with van der Waals surface area (Å²) >= 11 is 3.42. The van der Waals surface area contributed by atoms with Crippen LogP contribution in [0.15, 0.2) is 28.7 Å². The van der Waals surface area contributed by atoms with Crippen molar-refractivity contribution in [3.8, 4) is 0 Å². The molecule has 94 valence electrons. The Labute approximate surface area is 112 Å². The normalized spacial score (nSPS) is 19.0. The molecular weight excluding hydrogens is 278 g/mol. The van der Waals surface area contributed by atoms with Gasteiger partial charge in [-0.05, 0) is 37.0 Å². The van der Waals surface area contributed by atoms with Crippen LogP contribution in [0.25, 0.3) is 0 Å². The van der Waals surface area contributed by atoms with E-state index in [9.17, 15) is 5.11 Å². The van der Waals surface area contributed by atoms with E-state index in [2.05, 4.69) is 28.2 Å². The van der Waals surface area contributed by atoms with Gasteiger partial charge >= 0.3 is 0 Å². The molecule has 1 aromatic rings. The summed E-state index contributed by atoms with van der Waals surface area (Å²) in [5.74, 6) is 0.931. The van der Waals surface area contributed by atoms with E-state index >= 15 is 0 Å². The van der Waals surface area contributed by atoms with Crippen molar-refractivity contribution in [2.24, 2.45) is 5.92 Å². The molecule has 0 amide bonds. The van der Waals surface area contributed by atoms with Gasteiger partial charge in [-0.15, -0.1) is 0 Å². The highest BCUT2D eigenvalue weighted by Gasteiger charge is 2.23. The zero-order valence-corrected chi connectivity index (χ0v) is 11.8. The first kappa shape index (κ1) is 13.1. The Morgan fingerprint density at radius 2 is 2.24 bits per heavy atom. The van der Waals surface area contributed by atoms with Crippen molar-refractivity contribution >= 4 is 15.9 Å². The molecule has 1 aliphatic rings. The predicted octanol–water partition coefficient (Wildman–Crippen LogP) is 3.26. The van der Waals surface area contributed by atoms with E-state index in [0.29, 0.717) is 12.6 Å². The molecule has 0 radical (unpaired) electrons. The van der Waals surface area contributed by atoms with Crippen LogP contribution in [0.4, 0.5) is 0 Å². The van der Waals surface area contributed by atoms with Crippen LogP contribution in [0, 0.1) is 5.92 Å². The van der Waals surface area contributed by atoms with Gasteiger partial charge in [0.05, 0.1) is 6.10 Å². The van der Waals surface area contributed by atoms with Crippen LogP contribution in [0.1, 0.15) is 37.9 Å². The molecule has 2 N–H and O–H groups in total. The van der Waals surface area contributed by atoms with Crippen molar-refractivity contribution in [2.45, 2.75) is 38.3 Å². The second kappa shape index (κ2) is 5.98. The minimum absolute atomic E-state index is 0.422. The molecule has 0 aliphatic heterocycles. The van der Waals surface area contributed by atoms with Crippen LogP contribution in [0.5, 0.6) is 0 Å². The highest BCUT2D eigenvalue weighted by molar-refractivity contribution is 9.10. The highest BCUT2D eigenvalue weighted by Crippen LogP contribution is 2.33. The lowest BCUT2D eigenvalue weighted by atomic mass is 10.1. The van der Waals surface area contributed by atoms with Crippen molar-refractivity contribution in [1.82, 2.24) is 5.32 Å². The zero-order chi connectivity index (χ0) is 12.3. The fourth-order valence-electron chi connectivity index (χ4n) is 2.08. The number of benzene rings is 1. The predicted molar refractivity (Wildman–Crippen MR) is 73.9 cm³/mol. The molecule has 0 aromatic heterocycles. The first-order valence-corrected chi connectivity index (χ1v) is 7.11. The van der Waals surface area contributed by atoms with E-state index in [1.165, 1.54) is 19.3 Å². The van der Waals surface area contributed by atoms with E-state index < -0.39 is 6.10 Å². The third-order valence-corrected chi connectivity index (χ3v) is 3.77. The van der Waals surface area contributed by atoms with Crippen LogP contribution in [0.3, 0.4) is 0 Å². The van der Waals surface area contributed by atoms with Crippen molar-refractivity contribution in [3.05, 3.63) is 34.3 Å². The lowest BCUT2D eigenvalue weighted by Gasteiger charge is -2.17. The minimum atomic E-state index is -0.422. The summed E-state index contributed by atoms with van der Waals surface area (Å²) in [6.45, 7) is 2.83. The Morgan fingerprint density at radius 1 is 1.47 bits per heavy atom. The fourth-order valence-corrected chi connectivity index (χ4v) is 2.50. The molecule has 1 fully saturated rings. The number of halogens is 1. The Morgan fingerprint density at radius 3 is 2.88 bits per heavy atom. The molecular formula is C14H20BrNO. The lowest BCUT2D eigenvalue weighted by Crippen LogP contribution is -2.30. The van der Waals surface area contributed by atoms with Gasteiger partial charge in [0.15, 0.2) is 0 Å². The summed E-state index contributed by atoms with van der Waals surface area (Å²) in [4.78, 5) is 0. The van der Waals surface area contributed by atoms with Crippen molar-refractivity contribution < 1.29 is 5.11 Å². The van der Waals surface area contributed by atoms with Crippen molar-refractivity contribution in [2.75, 3.05) is 6.54 Å². The summed E-state index contributed by atoms with van der Waals surface area (Å²) < 4.78 is 1.01. The minimum Gasteiger partial charge on any atom is -0.387 e. The summed E-state index contributed by atoms with van der Waals surface area (Å²) in [6, 6.07) is 8.36. The van der Waals surface area contributed by atoms with Crippen LogP contribution < -0.4 is 5.32 Å². The third kappa shape index (κ3) is 4.41. The van der Waals surface area contributed by atoms with Crippen LogP contribution >= 0.6 is 15.9 Å². The number of hydrogen-bond acceptors (Lipinski definition) is 2. The zero-order valence-electron chi connectivity index (χ0n) is 10.2. The van der Waals surface area contributed by atoms with E-state index in [4.69, 9.17) is 0 Å². The Kier molecular flexibility index (Phi) is 4.60. The summed E-state index contributed by atoms with van der Waals surface area (Å²) in [5.41, 5.74) is 0.963. The van der Waals surface area contributed by atoms with E-state index in [-0.39, 0.29) is 0 Å². The first-order valence-electron chi connectivity index (χ1n) is 6.32. The Hall–Kier alpha value is -0.380. The quantitative estimate of drug-likeness (QED) is 0.845. The molecule has 2 atom stereocenters. The Balaban J connectivity index is 1.77. The largest absolute Gasteiger partial charge is 0.387 e. The number of aliphatic hydroxyl groups is 1. The first-order chi connectivity index (χ1) is 8.15.